The molecule has 0 spiro atoms. The van der Waals surface area contributed by atoms with Crippen LogP contribution < -0.4 is 4.74 Å². The number of ether oxygens (including phenoxy) is 1. The highest BCUT2D eigenvalue weighted by Gasteiger charge is 2.08. The van der Waals surface area contributed by atoms with Crippen LogP contribution in [0.25, 0.3) is 0 Å². The molecule has 2 heterocycles. The third kappa shape index (κ3) is 5.81. The highest BCUT2D eigenvalue weighted by atomic mass is 35.5. The van der Waals surface area contributed by atoms with Gasteiger partial charge in [-0.3, -0.25) is 0 Å². The van der Waals surface area contributed by atoms with Gasteiger partial charge in [0.2, 0.25) is 5.88 Å². The smallest absolute Gasteiger partial charge is 0.219 e. The quantitative estimate of drug-likeness (QED) is 0.398. The maximum atomic E-state index is 6.34. The second-order valence-electron chi connectivity index (χ2n) is 5.97. The van der Waals surface area contributed by atoms with Crippen LogP contribution in [0.2, 0.25) is 15.1 Å². The van der Waals surface area contributed by atoms with E-state index in [-0.39, 0.29) is 7.43 Å². The van der Waals surface area contributed by atoms with Gasteiger partial charge in [-0.2, -0.15) is 0 Å². The molecule has 28 heavy (non-hydrogen) atoms. The van der Waals surface area contributed by atoms with Crippen molar-refractivity contribution in [2.24, 2.45) is 0 Å². The molecule has 0 saturated heterocycles. The summed E-state index contributed by atoms with van der Waals surface area (Å²) < 4.78 is 5.70. The summed E-state index contributed by atoms with van der Waals surface area (Å²) in [6.07, 6.45) is 6.78. The van der Waals surface area contributed by atoms with Crippen molar-refractivity contribution in [2.75, 3.05) is 0 Å². The Balaban J connectivity index is 0.00000280. The maximum Gasteiger partial charge on any atom is 0.219 e. The zero-order valence-corrected chi connectivity index (χ0v) is 17.0. The van der Waals surface area contributed by atoms with Crippen molar-refractivity contribution < 1.29 is 4.74 Å². The predicted octanol–water partition coefficient (Wildman–Crippen LogP) is 7.00. The Bertz CT molecular complexity index is 917. The number of hydrogen-bond donors (Lipinski definition) is 0. The topological polar surface area (TPSA) is 47.9 Å². The van der Waals surface area contributed by atoms with Crippen molar-refractivity contribution in [3.8, 4) is 11.6 Å². The molecule has 0 radical (unpaired) electrons. The Morgan fingerprint density at radius 2 is 1.71 bits per heavy atom. The maximum absolute atomic E-state index is 6.34. The monoisotopic (exact) mass is 437 g/mol. The first-order valence-corrected chi connectivity index (χ1v) is 9.76. The first-order chi connectivity index (χ1) is 13.1. The second kappa shape index (κ2) is 10.6. The standard InChI is InChI=1S/C20H18Cl3N3O.CH4/c1-2-16-20(23)17(26-12-25-16)5-3-4-13-6-9-19(24-11-13)27-18-8-7-14(21)10-15(18)22;/h6-12H,2-5H2,1H3;1H4. The van der Waals surface area contributed by atoms with Crippen LogP contribution in [0.1, 0.15) is 37.7 Å². The molecule has 148 valence electrons. The average Bonchev–Trinajstić information content (AvgIpc) is 2.67. The molecule has 0 aliphatic heterocycles. The number of aryl methyl sites for hydroxylation is 3. The van der Waals surface area contributed by atoms with Gasteiger partial charge in [0.05, 0.1) is 21.4 Å². The molecule has 0 aliphatic carbocycles. The average molecular weight is 439 g/mol. The summed E-state index contributed by atoms with van der Waals surface area (Å²) >= 11 is 18.3. The van der Waals surface area contributed by atoms with Crippen LogP contribution in [0.3, 0.4) is 0 Å². The molecule has 1 aromatic carbocycles. The Kier molecular flexibility index (Phi) is 8.49. The number of benzene rings is 1. The van der Waals surface area contributed by atoms with Gasteiger partial charge in [0.15, 0.2) is 0 Å². The van der Waals surface area contributed by atoms with E-state index in [1.54, 1.807) is 30.7 Å². The van der Waals surface area contributed by atoms with Crippen molar-refractivity contribution in [3.05, 3.63) is 74.9 Å². The van der Waals surface area contributed by atoms with E-state index in [4.69, 9.17) is 39.5 Å². The summed E-state index contributed by atoms with van der Waals surface area (Å²) in [5.74, 6) is 1.00. The van der Waals surface area contributed by atoms with Crippen LogP contribution in [0.4, 0.5) is 0 Å². The molecule has 0 aliphatic rings. The van der Waals surface area contributed by atoms with Gasteiger partial charge in [0, 0.05) is 17.3 Å². The minimum Gasteiger partial charge on any atom is -0.437 e. The van der Waals surface area contributed by atoms with Crippen LogP contribution >= 0.6 is 34.8 Å². The van der Waals surface area contributed by atoms with E-state index < -0.39 is 0 Å². The molecular weight excluding hydrogens is 417 g/mol. The molecule has 2 aromatic heterocycles. The number of pyridine rings is 1. The van der Waals surface area contributed by atoms with E-state index in [1.165, 1.54) is 0 Å². The highest BCUT2D eigenvalue weighted by Crippen LogP contribution is 2.30. The van der Waals surface area contributed by atoms with Gasteiger partial charge in [-0.15, -0.1) is 0 Å². The fourth-order valence-corrected chi connectivity index (χ4v) is 3.39. The fourth-order valence-electron chi connectivity index (χ4n) is 2.62. The number of aromatic nitrogens is 3. The summed E-state index contributed by atoms with van der Waals surface area (Å²) in [6, 6.07) is 8.89. The molecular formula is C21H22Cl3N3O. The number of halogens is 3. The van der Waals surface area contributed by atoms with E-state index in [0.717, 1.165) is 42.6 Å². The van der Waals surface area contributed by atoms with Crippen molar-refractivity contribution >= 4 is 34.8 Å². The molecule has 3 aromatic rings. The molecule has 4 nitrogen and oxygen atoms in total. The summed E-state index contributed by atoms with van der Waals surface area (Å²) in [7, 11) is 0. The summed E-state index contributed by atoms with van der Waals surface area (Å²) in [4.78, 5) is 12.8. The largest absolute Gasteiger partial charge is 0.437 e. The lowest BCUT2D eigenvalue weighted by Crippen LogP contribution is -1.99. The summed E-state index contributed by atoms with van der Waals surface area (Å²) in [6.45, 7) is 2.03. The van der Waals surface area contributed by atoms with Crippen molar-refractivity contribution in [3.63, 3.8) is 0 Å². The third-order valence-corrected chi connectivity index (χ3v) is 5.02. The first-order valence-electron chi connectivity index (χ1n) is 8.63. The van der Waals surface area contributed by atoms with Gasteiger partial charge in [-0.1, -0.05) is 55.2 Å². The third-order valence-electron chi connectivity index (χ3n) is 4.05. The van der Waals surface area contributed by atoms with E-state index in [9.17, 15) is 0 Å². The van der Waals surface area contributed by atoms with E-state index in [0.29, 0.717) is 26.7 Å². The van der Waals surface area contributed by atoms with Crippen molar-refractivity contribution in [1.82, 2.24) is 15.0 Å². The lowest BCUT2D eigenvalue weighted by atomic mass is 10.1. The lowest BCUT2D eigenvalue weighted by molar-refractivity contribution is 0.462. The van der Waals surface area contributed by atoms with E-state index in [2.05, 4.69) is 15.0 Å². The van der Waals surface area contributed by atoms with Gasteiger partial charge >= 0.3 is 0 Å². The van der Waals surface area contributed by atoms with Crippen LogP contribution in [0, 0.1) is 0 Å². The molecule has 0 bridgehead atoms. The molecule has 0 N–H and O–H groups in total. The number of hydrogen-bond acceptors (Lipinski definition) is 4. The minimum absolute atomic E-state index is 0. The van der Waals surface area contributed by atoms with E-state index >= 15 is 0 Å². The van der Waals surface area contributed by atoms with Gasteiger partial charge in [0.25, 0.3) is 0 Å². The molecule has 3 rings (SSSR count). The van der Waals surface area contributed by atoms with Gasteiger partial charge < -0.3 is 4.74 Å². The zero-order chi connectivity index (χ0) is 19.2. The normalized spacial score (nSPS) is 10.4. The van der Waals surface area contributed by atoms with Crippen LogP contribution in [0.15, 0.2) is 42.9 Å². The fraction of sp³-hybridized carbons (Fsp3) is 0.286. The van der Waals surface area contributed by atoms with Crippen LogP contribution in [-0.4, -0.2) is 15.0 Å². The number of rotatable bonds is 7. The summed E-state index contributed by atoms with van der Waals surface area (Å²) in [5.41, 5.74) is 2.91. The second-order valence-corrected chi connectivity index (χ2v) is 7.19. The van der Waals surface area contributed by atoms with Gasteiger partial charge in [-0.05, 0) is 49.4 Å². The first kappa shape index (κ1) is 22.4. The Labute approximate surface area is 180 Å². The SMILES string of the molecule is C.CCc1ncnc(CCCc2ccc(Oc3ccc(Cl)cc3Cl)nc2)c1Cl. The van der Waals surface area contributed by atoms with Gasteiger partial charge in [-0.25, -0.2) is 15.0 Å². The Morgan fingerprint density at radius 1 is 0.929 bits per heavy atom. The van der Waals surface area contributed by atoms with Crippen molar-refractivity contribution in [2.45, 2.75) is 40.0 Å². The van der Waals surface area contributed by atoms with Gasteiger partial charge in [0.1, 0.15) is 12.1 Å². The minimum atomic E-state index is 0. The molecule has 0 fully saturated rings. The number of nitrogens with zero attached hydrogens (tertiary/aromatic N) is 3. The molecule has 0 amide bonds. The Hall–Kier alpha value is -1.88. The molecule has 7 heteroatoms. The zero-order valence-electron chi connectivity index (χ0n) is 14.8. The predicted molar refractivity (Wildman–Crippen MR) is 116 cm³/mol. The Morgan fingerprint density at radius 3 is 2.39 bits per heavy atom. The molecule has 0 unspecified atom stereocenters. The summed E-state index contributed by atoms with van der Waals surface area (Å²) in [5, 5.41) is 1.69. The lowest BCUT2D eigenvalue weighted by Gasteiger charge is -2.08. The molecule has 0 saturated carbocycles. The van der Waals surface area contributed by atoms with E-state index in [1.807, 2.05) is 19.1 Å². The van der Waals surface area contributed by atoms with Crippen LogP contribution in [-0.2, 0) is 19.3 Å². The molecule has 0 atom stereocenters. The van der Waals surface area contributed by atoms with Crippen molar-refractivity contribution in [1.29, 1.82) is 0 Å². The van der Waals surface area contributed by atoms with Crippen LogP contribution in [0.5, 0.6) is 11.6 Å². The highest BCUT2D eigenvalue weighted by molar-refractivity contribution is 6.35.